The standard InChI is InChI=1S/C23H15N/c1-3-9-18-16(7-1)15-17-8-2-4-10-19(17)23(18)21-13-14-24-22-12-6-5-11-20(21)22/h1-15H. The van der Waals surface area contributed by atoms with Crippen molar-refractivity contribution in [3.8, 4) is 11.1 Å². The molecule has 0 aliphatic carbocycles. The minimum absolute atomic E-state index is 1.03. The van der Waals surface area contributed by atoms with Crippen LogP contribution in [0.3, 0.4) is 0 Å². The fraction of sp³-hybridized carbons (Fsp3) is 0. The topological polar surface area (TPSA) is 12.9 Å². The van der Waals surface area contributed by atoms with Crippen molar-refractivity contribution in [3.05, 3.63) is 91.1 Å². The molecule has 24 heavy (non-hydrogen) atoms. The van der Waals surface area contributed by atoms with Crippen molar-refractivity contribution in [2.75, 3.05) is 0 Å². The molecule has 0 N–H and O–H groups in total. The van der Waals surface area contributed by atoms with Gasteiger partial charge >= 0.3 is 0 Å². The molecule has 5 rings (SSSR count). The van der Waals surface area contributed by atoms with Gasteiger partial charge in [-0.05, 0) is 50.9 Å². The van der Waals surface area contributed by atoms with E-state index in [0.717, 1.165) is 5.52 Å². The first-order chi connectivity index (χ1) is 11.9. The van der Waals surface area contributed by atoms with E-state index in [4.69, 9.17) is 0 Å². The quantitative estimate of drug-likeness (QED) is 0.336. The van der Waals surface area contributed by atoms with Crippen LogP contribution < -0.4 is 0 Å². The predicted octanol–water partition coefficient (Wildman–Crippen LogP) is 6.21. The molecule has 1 heterocycles. The van der Waals surface area contributed by atoms with Gasteiger partial charge in [0.1, 0.15) is 0 Å². The number of benzene rings is 4. The lowest BCUT2D eigenvalue weighted by molar-refractivity contribution is 1.41. The minimum atomic E-state index is 1.03. The third-order valence-corrected chi connectivity index (χ3v) is 4.69. The molecule has 0 saturated carbocycles. The Bertz CT molecular complexity index is 1150. The predicted molar refractivity (Wildman–Crippen MR) is 102 cm³/mol. The van der Waals surface area contributed by atoms with Gasteiger partial charge in [0.2, 0.25) is 0 Å². The van der Waals surface area contributed by atoms with Gasteiger partial charge < -0.3 is 0 Å². The summed E-state index contributed by atoms with van der Waals surface area (Å²) in [6.07, 6.45) is 1.91. The summed E-state index contributed by atoms with van der Waals surface area (Å²) in [5.41, 5.74) is 3.57. The molecule has 1 heteroatoms. The highest BCUT2D eigenvalue weighted by Gasteiger charge is 2.12. The van der Waals surface area contributed by atoms with E-state index in [1.807, 2.05) is 12.3 Å². The van der Waals surface area contributed by atoms with E-state index in [1.165, 1.54) is 38.1 Å². The molecule has 0 saturated heterocycles. The normalized spacial score (nSPS) is 11.3. The number of fused-ring (bicyclic) bond motifs is 3. The molecular weight excluding hydrogens is 290 g/mol. The highest BCUT2D eigenvalue weighted by atomic mass is 14.6. The van der Waals surface area contributed by atoms with Crippen molar-refractivity contribution in [3.63, 3.8) is 0 Å². The summed E-state index contributed by atoms with van der Waals surface area (Å²) in [5, 5.41) is 6.31. The van der Waals surface area contributed by atoms with Crippen LogP contribution in [0.25, 0.3) is 43.6 Å². The molecule has 1 nitrogen and oxygen atoms in total. The Morgan fingerprint density at radius 3 is 1.83 bits per heavy atom. The van der Waals surface area contributed by atoms with Gasteiger partial charge in [0.05, 0.1) is 5.52 Å². The van der Waals surface area contributed by atoms with E-state index in [0.29, 0.717) is 0 Å². The largest absolute Gasteiger partial charge is 0.256 e. The van der Waals surface area contributed by atoms with Gasteiger partial charge in [-0.2, -0.15) is 0 Å². The van der Waals surface area contributed by atoms with Gasteiger partial charge in [0.15, 0.2) is 0 Å². The highest BCUT2D eigenvalue weighted by molar-refractivity contribution is 6.16. The summed E-state index contributed by atoms with van der Waals surface area (Å²) in [4.78, 5) is 4.53. The fourth-order valence-corrected chi connectivity index (χ4v) is 3.62. The average molecular weight is 305 g/mol. The third-order valence-electron chi connectivity index (χ3n) is 4.69. The molecule has 0 aliphatic heterocycles. The van der Waals surface area contributed by atoms with E-state index in [1.54, 1.807) is 0 Å². The van der Waals surface area contributed by atoms with E-state index in [2.05, 4.69) is 83.8 Å². The lowest BCUT2D eigenvalue weighted by Gasteiger charge is -2.13. The Kier molecular flexibility index (Phi) is 2.86. The van der Waals surface area contributed by atoms with Gasteiger partial charge in [0, 0.05) is 11.6 Å². The Hall–Kier alpha value is -3.19. The number of nitrogens with zero attached hydrogens (tertiary/aromatic N) is 1. The van der Waals surface area contributed by atoms with Crippen LogP contribution in [0.2, 0.25) is 0 Å². The molecule has 0 aliphatic rings. The van der Waals surface area contributed by atoms with Crippen LogP contribution in [0.5, 0.6) is 0 Å². The second-order valence-electron chi connectivity index (χ2n) is 6.07. The number of hydrogen-bond donors (Lipinski definition) is 0. The summed E-state index contributed by atoms with van der Waals surface area (Å²) >= 11 is 0. The summed E-state index contributed by atoms with van der Waals surface area (Å²) in [6, 6.07) is 30.0. The number of aromatic nitrogens is 1. The van der Waals surface area contributed by atoms with E-state index >= 15 is 0 Å². The molecule has 5 aromatic rings. The first kappa shape index (κ1) is 13.3. The fourth-order valence-electron chi connectivity index (χ4n) is 3.62. The third kappa shape index (κ3) is 1.92. The second-order valence-corrected chi connectivity index (χ2v) is 6.07. The van der Waals surface area contributed by atoms with Gasteiger partial charge in [-0.1, -0.05) is 66.7 Å². The molecular formula is C23H15N. The van der Waals surface area contributed by atoms with Crippen LogP contribution in [-0.4, -0.2) is 4.98 Å². The van der Waals surface area contributed by atoms with Crippen LogP contribution in [0, 0.1) is 0 Å². The molecule has 112 valence electrons. The van der Waals surface area contributed by atoms with Crippen LogP contribution in [0.1, 0.15) is 0 Å². The molecule has 0 fully saturated rings. The number of hydrogen-bond acceptors (Lipinski definition) is 1. The van der Waals surface area contributed by atoms with Gasteiger partial charge in [0.25, 0.3) is 0 Å². The van der Waals surface area contributed by atoms with Gasteiger partial charge in [-0.15, -0.1) is 0 Å². The van der Waals surface area contributed by atoms with E-state index in [-0.39, 0.29) is 0 Å². The van der Waals surface area contributed by atoms with Crippen LogP contribution in [-0.2, 0) is 0 Å². The molecule has 0 bridgehead atoms. The van der Waals surface area contributed by atoms with Crippen molar-refractivity contribution in [1.82, 2.24) is 4.98 Å². The van der Waals surface area contributed by atoms with Gasteiger partial charge in [-0.3, -0.25) is 4.98 Å². The highest BCUT2D eigenvalue weighted by Crippen LogP contribution is 2.38. The van der Waals surface area contributed by atoms with E-state index < -0.39 is 0 Å². The second kappa shape index (κ2) is 5.17. The van der Waals surface area contributed by atoms with Crippen molar-refractivity contribution in [2.45, 2.75) is 0 Å². The van der Waals surface area contributed by atoms with Crippen molar-refractivity contribution >= 4 is 32.4 Å². The van der Waals surface area contributed by atoms with Crippen molar-refractivity contribution in [1.29, 1.82) is 0 Å². The maximum atomic E-state index is 4.53. The summed E-state index contributed by atoms with van der Waals surface area (Å²) in [7, 11) is 0. The van der Waals surface area contributed by atoms with E-state index in [9.17, 15) is 0 Å². The zero-order chi connectivity index (χ0) is 15.9. The van der Waals surface area contributed by atoms with Crippen LogP contribution >= 0.6 is 0 Å². The first-order valence-electron chi connectivity index (χ1n) is 8.16. The average Bonchev–Trinajstić information content (AvgIpc) is 2.66. The Balaban J connectivity index is 2.04. The lowest BCUT2D eigenvalue weighted by Crippen LogP contribution is -1.88. The molecule has 0 radical (unpaired) electrons. The van der Waals surface area contributed by atoms with Crippen molar-refractivity contribution in [2.24, 2.45) is 0 Å². The summed E-state index contributed by atoms with van der Waals surface area (Å²) in [6.45, 7) is 0. The zero-order valence-electron chi connectivity index (χ0n) is 13.1. The van der Waals surface area contributed by atoms with Crippen LogP contribution in [0.4, 0.5) is 0 Å². The maximum Gasteiger partial charge on any atom is 0.0708 e. The Morgan fingerprint density at radius 1 is 0.542 bits per heavy atom. The zero-order valence-corrected chi connectivity index (χ0v) is 13.1. The number of pyridine rings is 1. The Labute approximate surface area is 140 Å². The molecule has 0 atom stereocenters. The summed E-state index contributed by atoms with van der Waals surface area (Å²) < 4.78 is 0. The first-order valence-corrected chi connectivity index (χ1v) is 8.16. The number of rotatable bonds is 1. The molecule has 0 unspecified atom stereocenters. The smallest absolute Gasteiger partial charge is 0.0708 e. The molecule has 1 aromatic heterocycles. The SMILES string of the molecule is c1ccc2c(-c3ccnc4ccccc34)c3ccccc3cc2c1. The van der Waals surface area contributed by atoms with Crippen LogP contribution in [0.15, 0.2) is 91.1 Å². The molecule has 4 aromatic carbocycles. The van der Waals surface area contributed by atoms with Gasteiger partial charge in [-0.25, -0.2) is 0 Å². The Morgan fingerprint density at radius 2 is 1.12 bits per heavy atom. The maximum absolute atomic E-state index is 4.53. The number of para-hydroxylation sites is 1. The lowest BCUT2D eigenvalue weighted by atomic mass is 9.90. The van der Waals surface area contributed by atoms with Crippen molar-refractivity contribution < 1.29 is 0 Å². The summed E-state index contributed by atoms with van der Waals surface area (Å²) in [5.74, 6) is 0. The molecule has 0 amide bonds. The monoisotopic (exact) mass is 305 g/mol. The molecule has 0 spiro atoms. The minimum Gasteiger partial charge on any atom is -0.256 e.